The average molecular weight is 270 g/mol. The van der Waals surface area contributed by atoms with E-state index in [-0.39, 0.29) is 17.7 Å². The van der Waals surface area contributed by atoms with Gasteiger partial charge >= 0.3 is 5.97 Å². The summed E-state index contributed by atoms with van der Waals surface area (Å²) in [4.78, 5) is 25.5. The van der Waals surface area contributed by atoms with E-state index in [9.17, 15) is 14.7 Å². The van der Waals surface area contributed by atoms with Crippen LogP contribution >= 0.6 is 0 Å². The van der Waals surface area contributed by atoms with Crippen molar-refractivity contribution in [1.82, 2.24) is 10.2 Å². The summed E-state index contributed by atoms with van der Waals surface area (Å²) in [7, 11) is 0. The van der Waals surface area contributed by atoms with Crippen LogP contribution in [0, 0.1) is 17.3 Å². The molecule has 0 aromatic heterocycles. The minimum atomic E-state index is -0.780. The van der Waals surface area contributed by atoms with Crippen molar-refractivity contribution in [2.24, 2.45) is 17.3 Å². The van der Waals surface area contributed by atoms with E-state index >= 15 is 0 Å². The molecular formula is C14H26N2O3. The lowest BCUT2D eigenvalue weighted by Gasteiger charge is -2.29. The van der Waals surface area contributed by atoms with Gasteiger partial charge in [0, 0.05) is 25.6 Å². The molecule has 1 amide bonds. The number of amides is 1. The number of carbonyl (C=O) groups is 2. The number of nitrogens with one attached hydrogen (secondary N) is 1. The molecule has 5 nitrogen and oxygen atoms in total. The first-order valence-electron chi connectivity index (χ1n) is 7.08. The summed E-state index contributed by atoms with van der Waals surface area (Å²) in [6.45, 7) is 10.1. The van der Waals surface area contributed by atoms with Crippen LogP contribution < -0.4 is 5.32 Å². The second kappa shape index (κ2) is 6.37. The summed E-state index contributed by atoms with van der Waals surface area (Å²) in [6.07, 6.45) is 0.555. The molecule has 2 atom stereocenters. The zero-order chi connectivity index (χ0) is 14.6. The van der Waals surface area contributed by atoms with E-state index in [1.165, 1.54) is 0 Å². The maximum atomic E-state index is 12.3. The number of likely N-dealkylation sites (tertiary alicyclic amines) is 1. The number of hydrogen-bond acceptors (Lipinski definition) is 3. The standard InChI is InChI=1S/C14H26N2O3/c1-5-15-8-11(4)12(17)16-7-6-14(9-16,10(2)3)13(18)19/h10-11,15H,5-9H2,1-4H3,(H,18,19). The summed E-state index contributed by atoms with van der Waals surface area (Å²) in [6, 6.07) is 0. The Labute approximate surface area is 115 Å². The second-order valence-electron chi connectivity index (χ2n) is 5.83. The fourth-order valence-corrected chi connectivity index (χ4v) is 2.67. The highest BCUT2D eigenvalue weighted by Gasteiger charge is 2.48. The van der Waals surface area contributed by atoms with Gasteiger partial charge in [0.1, 0.15) is 0 Å². The van der Waals surface area contributed by atoms with E-state index in [0.29, 0.717) is 26.1 Å². The van der Waals surface area contributed by atoms with Crippen LogP contribution in [0.4, 0.5) is 0 Å². The molecule has 1 rings (SSSR count). The van der Waals surface area contributed by atoms with Crippen LogP contribution in [0.5, 0.6) is 0 Å². The molecule has 1 heterocycles. The Balaban J connectivity index is 2.69. The number of hydrogen-bond donors (Lipinski definition) is 2. The van der Waals surface area contributed by atoms with Gasteiger partial charge in [-0.3, -0.25) is 9.59 Å². The minimum Gasteiger partial charge on any atom is -0.481 e. The molecule has 110 valence electrons. The van der Waals surface area contributed by atoms with Crippen molar-refractivity contribution in [2.45, 2.75) is 34.1 Å². The summed E-state index contributed by atoms with van der Waals surface area (Å²) in [5, 5.41) is 12.6. The third-order valence-electron chi connectivity index (χ3n) is 4.27. The van der Waals surface area contributed by atoms with Crippen molar-refractivity contribution >= 4 is 11.9 Å². The smallest absolute Gasteiger partial charge is 0.311 e. The van der Waals surface area contributed by atoms with E-state index in [1.807, 2.05) is 27.7 Å². The van der Waals surface area contributed by atoms with Gasteiger partial charge in [-0.1, -0.05) is 27.7 Å². The monoisotopic (exact) mass is 270 g/mol. The zero-order valence-corrected chi connectivity index (χ0v) is 12.4. The Morgan fingerprint density at radius 3 is 2.42 bits per heavy atom. The van der Waals surface area contributed by atoms with Crippen LogP contribution in [-0.2, 0) is 9.59 Å². The maximum absolute atomic E-state index is 12.3. The van der Waals surface area contributed by atoms with Crippen LogP contribution in [0.15, 0.2) is 0 Å². The molecule has 2 N–H and O–H groups in total. The van der Waals surface area contributed by atoms with Crippen molar-refractivity contribution in [3.63, 3.8) is 0 Å². The van der Waals surface area contributed by atoms with Gasteiger partial charge in [0.25, 0.3) is 0 Å². The molecule has 0 aromatic rings. The highest BCUT2D eigenvalue weighted by atomic mass is 16.4. The molecule has 1 aliphatic rings. The van der Waals surface area contributed by atoms with Gasteiger partial charge in [0.05, 0.1) is 5.41 Å². The zero-order valence-electron chi connectivity index (χ0n) is 12.4. The maximum Gasteiger partial charge on any atom is 0.311 e. The van der Waals surface area contributed by atoms with Crippen molar-refractivity contribution in [1.29, 1.82) is 0 Å². The highest BCUT2D eigenvalue weighted by Crippen LogP contribution is 2.38. The van der Waals surface area contributed by atoms with Crippen molar-refractivity contribution in [3.05, 3.63) is 0 Å². The van der Waals surface area contributed by atoms with E-state index in [4.69, 9.17) is 0 Å². The van der Waals surface area contributed by atoms with Gasteiger partial charge in [-0.05, 0) is 18.9 Å². The van der Waals surface area contributed by atoms with E-state index < -0.39 is 11.4 Å². The molecule has 0 aliphatic carbocycles. The third-order valence-corrected chi connectivity index (χ3v) is 4.27. The van der Waals surface area contributed by atoms with Crippen molar-refractivity contribution in [2.75, 3.05) is 26.2 Å². The molecule has 1 aliphatic heterocycles. The lowest BCUT2D eigenvalue weighted by atomic mass is 9.76. The van der Waals surface area contributed by atoms with Crippen LogP contribution in [0.25, 0.3) is 0 Å². The van der Waals surface area contributed by atoms with E-state index in [2.05, 4.69) is 5.32 Å². The van der Waals surface area contributed by atoms with Crippen LogP contribution in [0.1, 0.15) is 34.1 Å². The van der Waals surface area contributed by atoms with Gasteiger partial charge in [0.2, 0.25) is 5.91 Å². The number of carboxylic acids is 1. The number of rotatable bonds is 6. The molecule has 1 fully saturated rings. The predicted molar refractivity (Wildman–Crippen MR) is 73.8 cm³/mol. The molecule has 0 bridgehead atoms. The van der Waals surface area contributed by atoms with Crippen molar-refractivity contribution in [3.8, 4) is 0 Å². The van der Waals surface area contributed by atoms with Crippen molar-refractivity contribution < 1.29 is 14.7 Å². The fourth-order valence-electron chi connectivity index (χ4n) is 2.67. The summed E-state index contributed by atoms with van der Waals surface area (Å²) < 4.78 is 0. The summed E-state index contributed by atoms with van der Waals surface area (Å²) in [5.74, 6) is -0.787. The Hall–Kier alpha value is -1.10. The number of aliphatic carboxylic acids is 1. The fraction of sp³-hybridized carbons (Fsp3) is 0.857. The average Bonchev–Trinajstić information content (AvgIpc) is 2.81. The number of nitrogens with zero attached hydrogens (tertiary/aromatic N) is 1. The molecule has 0 aromatic carbocycles. The molecule has 0 saturated carbocycles. The quantitative estimate of drug-likeness (QED) is 0.760. The van der Waals surface area contributed by atoms with Crippen LogP contribution in [0.2, 0.25) is 0 Å². The summed E-state index contributed by atoms with van der Waals surface area (Å²) >= 11 is 0. The normalized spacial score (nSPS) is 24.8. The Morgan fingerprint density at radius 1 is 1.37 bits per heavy atom. The molecule has 5 heteroatoms. The molecule has 2 unspecified atom stereocenters. The molecule has 0 spiro atoms. The van der Waals surface area contributed by atoms with E-state index in [0.717, 1.165) is 6.54 Å². The Morgan fingerprint density at radius 2 is 2.00 bits per heavy atom. The lowest BCUT2D eigenvalue weighted by Crippen LogP contribution is -2.43. The highest BCUT2D eigenvalue weighted by molar-refractivity contribution is 5.82. The van der Waals surface area contributed by atoms with Crippen LogP contribution in [-0.4, -0.2) is 48.1 Å². The molecule has 0 radical (unpaired) electrons. The van der Waals surface area contributed by atoms with Gasteiger partial charge in [0.15, 0.2) is 0 Å². The first-order chi connectivity index (χ1) is 8.85. The largest absolute Gasteiger partial charge is 0.481 e. The second-order valence-corrected chi connectivity index (χ2v) is 5.83. The Kier molecular flexibility index (Phi) is 5.35. The van der Waals surface area contributed by atoms with Gasteiger partial charge < -0.3 is 15.3 Å². The number of carboxylic acid groups (broad SMARTS) is 1. The SMILES string of the molecule is CCNCC(C)C(=O)N1CCC(C(=O)O)(C(C)C)C1. The predicted octanol–water partition coefficient (Wildman–Crippen LogP) is 1.19. The van der Waals surface area contributed by atoms with E-state index in [1.54, 1.807) is 4.90 Å². The topological polar surface area (TPSA) is 69.6 Å². The lowest BCUT2D eigenvalue weighted by molar-refractivity contribution is -0.151. The molecule has 1 saturated heterocycles. The first-order valence-corrected chi connectivity index (χ1v) is 7.08. The third kappa shape index (κ3) is 3.26. The van der Waals surface area contributed by atoms with Gasteiger partial charge in [-0.25, -0.2) is 0 Å². The van der Waals surface area contributed by atoms with Crippen LogP contribution in [0.3, 0.4) is 0 Å². The Bertz CT molecular complexity index is 344. The molecule has 19 heavy (non-hydrogen) atoms. The molecular weight excluding hydrogens is 244 g/mol. The number of carbonyl (C=O) groups excluding carboxylic acids is 1. The van der Waals surface area contributed by atoms with Gasteiger partial charge in [-0.15, -0.1) is 0 Å². The minimum absolute atomic E-state index is 0.0341. The van der Waals surface area contributed by atoms with Gasteiger partial charge in [-0.2, -0.15) is 0 Å². The summed E-state index contributed by atoms with van der Waals surface area (Å²) in [5.41, 5.74) is -0.770. The first kappa shape index (κ1) is 16.0.